The van der Waals surface area contributed by atoms with Crippen molar-refractivity contribution in [3.8, 4) is 0 Å². The highest BCUT2D eigenvalue weighted by Crippen LogP contribution is 2.26. The van der Waals surface area contributed by atoms with Crippen molar-refractivity contribution in [1.82, 2.24) is 0 Å². The lowest BCUT2D eigenvalue weighted by Gasteiger charge is -2.30. The molecule has 9 heteroatoms. The number of aliphatic hydroxyl groups excluding tert-OH is 1. The summed E-state index contributed by atoms with van der Waals surface area (Å²) >= 11 is 0. The van der Waals surface area contributed by atoms with Crippen molar-refractivity contribution in [2.45, 2.75) is 25.0 Å². The number of aliphatic carboxylic acids is 2. The number of hydrogen-bond donors (Lipinski definition) is 3. The molecule has 0 amide bonds. The fraction of sp³-hybridized carbons (Fsp3) is 0.148. The molecule has 9 nitrogen and oxygen atoms in total. The first-order valence-corrected chi connectivity index (χ1v) is 10.8. The minimum absolute atomic E-state index is 0.114. The Balaban J connectivity index is 0.000000380. The Bertz CT molecular complexity index is 1210. The van der Waals surface area contributed by atoms with Crippen LogP contribution in [0.5, 0.6) is 0 Å². The first-order valence-electron chi connectivity index (χ1n) is 10.8. The number of ketones is 2. The fourth-order valence-electron chi connectivity index (χ4n) is 3.07. The van der Waals surface area contributed by atoms with Crippen molar-refractivity contribution in [2.24, 2.45) is 0 Å². The van der Waals surface area contributed by atoms with E-state index in [9.17, 15) is 34.2 Å². The number of rotatable bonds is 9. The summed E-state index contributed by atoms with van der Waals surface area (Å²) in [6.07, 6.45) is -2.23. The normalized spacial score (nSPS) is 12.6. The maximum absolute atomic E-state index is 12.7. The predicted octanol–water partition coefficient (Wildman–Crippen LogP) is 3.27. The molecule has 0 aliphatic heterocycles. The van der Waals surface area contributed by atoms with E-state index < -0.39 is 35.4 Å². The molecule has 0 radical (unpaired) electrons. The van der Waals surface area contributed by atoms with E-state index in [1.807, 2.05) is 37.3 Å². The highest BCUT2D eigenvalue weighted by atomic mass is 16.6. The van der Waals surface area contributed by atoms with E-state index in [0.29, 0.717) is 6.42 Å². The number of esters is 1. The van der Waals surface area contributed by atoms with Gasteiger partial charge < -0.3 is 20.1 Å². The quantitative estimate of drug-likeness (QED) is 0.232. The fourth-order valence-corrected chi connectivity index (χ4v) is 3.07. The highest BCUT2D eigenvalue weighted by Gasteiger charge is 2.59. The zero-order valence-electron chi connectivity index (χ0n) is 19.2. The third-order valence-electron chi connectivity index (χ3n) is 4.99. The minimum atomic E-state index is -3.35. The third-order valence-corrected chi connectivity index (χ3v) is 4.99. The standard InChI is InChI=1S/C18H14O8.C9H10O/c19-13(11-7-3-1-4-8-11)18(17(24)25,14(20)15(21)22)26-16(23)12-9-5-2-6-10-12;1-2-9(10)8-6-4-3-5-7-8/h1-10,14,20H,(H,21,22)(H,24,25);3-7H,2H2,1H3. The van der Waals surface area contributed by atoms with Gasteiger partial charge in [0.15, 0.2) is 5.78 Å². The number of Topliss-reactive ketones (excluding diaryl/α,β-unsaturated/α-hetero) is 2. The summed E-state index contributed by atoms with van der Waals surface area (Å²) in [6, 6.07) is 23.2. The third kappa shape index (κ3) is 6.49. The van der Waals surface area contributed by atoms with Crippen LogP contribution < -0.4 is 0 Å². The number of carbonyl (C=O) groups excluding carboxylic acids is 3. The zero-order valence-corrected chi connectivity index (χ0v) is 19.2. The summed E-state index contributed by atoms with van der Waals surface area (Å²) in [7, 11) is 0. The lowest BCUT2D eigenvalue weighted by molar-refractivity contribution is -0.176. The van der Waals surface area contributed by atoms with Crippen LogP contribution in [0.4, 0.5) is 0 Å². The van der Waals surface area contributed by atoms with Gasteiger partial charge in [-0.05, 0) is 12.1 Å². The lowest BCUT2D eigenvalue weighted by atomic mass is 9.87. The highest BCUT2D eigenvalue weighted by molar-refractivity contribution is 6.19. The summed E-state index contributed by atoms with van der Waals surface area (Å²) in [5.74, 6) is -6.56. The first kappa shape index (κ1) is 27.6. The van der Waals surface area contributed by atoms with Crippen molar-refractivity contribution in [1.29, 1.82) is 0 Å². The molecular weight excluding hydrogens is 468 g/mol. The van der Waals surface area contributed by atoms with E-state index in [0.717, 1.165) is 5.56 Å². The molecule has 0 aliphatic rings. The summed E-state index contributed by atoms with van der Waals surface area (Å²) in [5, 5.41) is 28.6. The summed E-state index contributed by atoms with van der Waals surface area (Å²) in [4.78, 5) is 59.1. The number of benzene rings is 3. The second kappa shape index (κ2) is 12.7. The molecule has 0 bridgehead atoms. The molecule has 0 saturated heterocycles. The SMILES string of the molecule is CCC(=O)c1ccccc1.O=C(OC(C(=O)O)(C(=O)c1ccccc1)C(O)C(=O)O)c1ccccc1. The Kier molecular flexibility index (Phi) is 9.76. The Morgan fingerprint density at radius 1 is 0.722 bits per heavy atom. The number of carboxylic acid groups (broad SMARTS) is 2. The molecule has 0 spiro atoms. The monoisotopic (exact) mass is 492 g/mol. The van der Waals surface area contributed by atoms with Gasteiger partial charge in [-0.15, -0.1) is 0 Å². The van der Waals surface area contributed by atoms with Crippen molar-refractivity contribution >= 4 is 29.5 Å². The maximum atomic E-state index is 12.7. The van der Waals surface area contributed by atoms with Crippen LogP contribution in [0.1, 0.15) is 44.4 Å². The van der Waals surface area contributed by atoms with Gasteiger partial charge in [0.2, 0.25) is 11.9 Å². The summed E-state index contributed by atoms with van der Waals surface area (Å²) in [5.41, 5.74) is -2.89. The molecule has 2 atom stereocenters. The Morgan fingerprint density at radius 3 is 1.53 bits per heavy atom. The molecule has 3 N–H and O–H groups in total. The summed E-state index contributed by atoms with van der Waals surface area (Å²) in [6.45, 7) is 1.87. The molecule has 36 heavy (non-hydrogen) atoms. The number of carbonyl (C=O) groups is 5. The van der Waals surface area contributed by atoms with Gasteiger partial charge in [-0.25, -0.2) is 14.4 Å². The second-order valence-electron chi connectivity index (χ2n) is 7.38. The second-order valence-corrected chi connectivity index (χ2v) is 7.38. The van der Waals surface area contributed by atoms with E-state index >= 15 is 0 Å². The molecule has 0 aliphatic carbocycles. The topological polar surface area (TPSA) is 155 Å². The Morgan fingerprint density at radius 2 is 1.14 bits per heavy atom. The number of hydrogen-bond acceptors (Lipinski definition) is 7. The number of aliphatic hydroxyl groups is 1. The molecule has 186 valence electrons. The molecule has 3 rings (SSSR count). The molecule has 3 aromatic rings. The molecular formula is C27H24O9. The molecule has 0 heterocycles. The lowest BCUT2D eigenvalue weighted by Crippen LogP contribution is -2.61. The van der Waals surface area contributed by atoms with Crippen molar-refractivity contribution < 1.29 is 44.0 Å². The average Bonchev–Trinajstić information content (AvgIpc) is 2.92. The van der Waals surface area contributed by atoms with E-state index in [1.54, 1.807) is 12.1 Å². The van der Waals surface area contributed by atoms with E-state index in [-0.39, 0.29) is 16.9 Å². The molecule has 0 fully saturated rings. The van der Waals surface area contributed by atoms with Gasteiger partial charge in [0.05, 0.1) is 5.56 Å². The number of carboxylic acids is 2. The van der Waals surface area contributed by atoms with Gasteiger partial charge in [0, 0.05) is 17.5 Å². The Hall–Kier alpha value is -4.63. The van der Waals surface area contributed by atoms with Gasteiger partial charge in [-0.1, -0.05) is 85.8 Å². The number of ether oxygens (including phenoxy) is 1. The van der Waals surface area contributed by atoms with Crippen LogP contribution >= 0.6 is 0 Å². The van der Waals surface area contributed by atoms with Crippen LogP contribution in [0.3, 0.4) is 0 Å². The molecule has 0 aromatic heterocycles. The van der Waals surface area contributed by atoms with E-state index in [2.05, 4.69) is 0 Å². The largest absolute Gasteiger partial charge is 0.479 e. The van der Waals surface area contributed by atoms with Gasteiger partial charge in [-0.3, -0.25) is 9.59 Å². The van der Waals surface area contributed by atoms with Gasteiger partial charge in [0.1, 0.15) is 0 Å². The first-order chi connectivity index (χ1) is 17.1. The van der Waals surface area contributed by atoms with Crippen LogP contribution in [0.15, 0.2) is 91.0 Å². The molecule has 0 saturated carbocycles. The minimum Gasteiger partial charge on any atom is -0.479 e. The Labute approximate surface area is 206 Å². The van der Waals surface area contributed by atoms with Crippen LogP contribution in [0.2, 0.25) is 0 Å². The van der Waals surface area contributed by atoms with Crippen LogP contribution in [-0.2, 0) is 14.3 Å². The van der Waals surface area contributed by atoms with Crippen LogP contribution in [-0.4, -0.2) is 56.5 Å². The van der Waals surface area contributed by atoms with E-state index in [1.165, 1.54) is 48.5 Å². The predicted molar refractivity (Wildman–Crippen MR) is 128 cm³/mol. The summed E-state index contributed by atoms with van der Waals surface area (Å²) < 4.78 is 4.81. The zero-order chi connectivity index (χ0) is 26.7. The molecule has 2 unspecified atom stereocenters. The van der Waals surface area contributed by atoms with Crippen molar-refractivity contribution in [2.75, 3.05) is 0 Å². The van der Waals surface area contributed by atoms with Crippen LogP contribution in [0.25, 0.3) is 0 Å². The molecule has 3 aromatic carbocycles. The van der Waals surface area contributed by atoms with Gasteiger partial charge in [0.25, 0.3) is 0 Å². The van der Waals surface area contributed by atoms with Crippen LogP contribution in [0, 0.1) is 0 Å². The smallest absolute Gasteiger partial charge is 0.360 e. The van der Waals surface area contributed by atoms with Gasteiger partial charge >= 0.3 is 23.5 Å². The maximum Gasteiger partial charge on any atom is 0.360 e. The van der Waals surface area contributed by atoms with E-state index in [4.69, 9.17) is 9.84 Å². The van der Waals surface area contributed by atoms with Crippen molar-refractivity contribution in [3.63, 3.8) is 0 Å². The average molecular weight is 492 g/mol. The van der Waals surface area contributed by atoms with Crippen molar-refractivity contribution in [3.05, 3.63) is 108 Å². The van der Waals surface area contributed by atoms with Gasteiger partial charge in [-0.2, -0.15) is 0 Å².